The van der Waals surface area contributed by atoms with Crippen LogP contribution in [0.4, 0.5) is 11.4 Å². The number of rotatable bonds is 6. The number of hydrogen-bond donors (Lipinski definition) is 2. The first kappa shape index (κ1) is 24.8. The maximum atomic E-state index is 12.9. The quantitative estimate of drug-likeness (QED) is 0.678. The summed E-state index contributed by atoms with van der Waals surface area (Å²) in [6, 6.07) is 10.00. The average Bonchev–Trinajstić information content (AvgIpc) is 2.77. The molecule has 0 aromatic heterocycles. The van der Waals surface area contributed by atoms with Crippen LogP contribution in [0.15, 0.2) is 36.4 Å². The highest BCUT2D eigenvalue weighted by Gasteiger charge is 2.26. The number of nitrogens with zero attached hydrogens (tertiary/aromatic N) is 2. The van der Waals surface area contributed by atoms with Crippen LogP contribution in [0.1, 0.15) is 27.6 Å². The van der Waals surface area contributed by atoms with Gasteiger partial charge in [0.15, 0.2) is 11.5 Å². The number of methoxy groups -OCH3 is 2. The van der Waals surface area contributed by atoms with Gasteiger partial charge in [-0.1, -0.05) is 6.07 Å². The molecule has 3 rings (SSSR count). The van der Waals surface area contributed by atoms with Crippen molar-refractivity contribution < 1.29 is 29.0 Å². The van der Waals surface area contributed by atoms with Crippen LogP contribution < -0.4 is 19.7 Å². The summed E-state index contributed by atoms with van der Waals surface area (Å²) in [7, 11) is 3.05. The van der Waals surface area contributed by atoms with Crippen LogP contribution >= 0.6 is 12.4 Å². The van der Waals surface area contributed by atoms with Gasteiger partial charge < -0.3 is 29.7 Å². The summed E-state index contributed by atoms with van der Waals surface area (Å²) in [6.07, 6.45) is 0. The van der Waals surface area contributed by atoms with Crippen molar-refractivity contribution in [2.45, 2.75) is 6.92 Å². The van der Waals surface area contributed by atoms with E-state index in [4.69, 9.17) is 9.47 Å². The Bertz CT molecular complexity index is 1010. The van der Waals surface area contributed by atoms with Crippen LogP contribution in [-0.4, -0.2) is 68.2 Å². The average molecular weight is 464 g/mol. The number of nitrogens with one attached hydrogen (secondary N) is 1. The zero-order chi connectivity index (χ0) is 22.5. The van der Waals surface area contributed by atoms with E-state index in [1.54, 1.807) is 41.3 Å². The lowest BCUT2D eigenvalue weighted by molar-refractivity contribution is -0.114. The molecule has 1 fully saturated rings. The van der Waals surface area contributed by atoms with Gasteiger partial charge in [-0.15, -0.1) is 12.4 Å². The summed E-state index contributed by atoms with van der Waals surface area (Å²) < 4.78 is 10.5. The Morgan fingerprint density at radius 1 is 0.969 bits per heavy atom. The molecule has 2 N–H and O–H groups in total. The maximum Gasteiger partial charge on any atom is 0.339 e. The van der Waals surface area contributed by atoms with E-state index in [-0.39, 0.29) is 35.5 Å². The third kappa shape index (κ3) is 5.23. The fourth-order valence-electron chi connectivity index (χ4n) is 3.62. The molecular weight excluding hydrogens is 438 g/mol. The molecule has 10 heteroatoms. The third-order valence-electron chi connectivity index (χ3n) is 5.11. The van der Waals surface area contributed by atoms with Gasteiger partial charge in [-0.2, -0.15) is 0 Å². The van der Waals surface area contributed by atoms with Crippen LogP contribution in [0.2, 0.25) is 0 Å². The molecule has 32 heavy (non-hydrogen) atoms. The van der Waals surface area contributed by atoms with Gasteiger partial charge in [-0.05, 0) is 30.3 Å². The minimum atomic E-state index is -1.12. The van der Waals surface area contributed by atoms with Gasteiger partial charge in [0.25, 0.3) is 5.91 Å². The fraction of sp³-hybridized carbons (Fsp3) is 0.318. The number of halogens is 1. The van der Waals surface area contributed by atoms with Crippen molar-refractivity contribution in [1.29, 1.82) is 0 Å². The number of carbonyl (C=O) groups is 3. The predicted molar refractivity (Wildman–Crippen MR) is 123 cm³/mol. The van der Waals surface area contributed by atoms with Crippen LogP contribution in [0.25, 0.3) is 0 Å². The highest BCUT2D eigenvalue weighted by Crippen LogP contribution is 2.30. The summed E-state index contributed by atoms with van der Waals surface area (Å²) in [5, 5.41) is 12.3. The Labute approximate surface area is 192 Å². The molecule has 1 saturated heterocycles. The van der Waals surface area contributed by atoms with Crippen molar-refractivity contribution in [2.75, 3.05) is 50.6 Å². The number of carboxylic acid groups (broad SMARTS) is 1. The van der Waals surface area contributed by atoms with Crippen molar-refractivity contribution in [3.05, 3.63) is 47.5 Å². The second-order valence-corrected chi connectivity index (χ2v) is 7.04. The topological polar surface area (TPSA) is 108 Å². The summed E-state index contributed by atoms with van der Waals surface area (Å²) in [4.78, 5) is 39.9. The zero-order valence-electron chi connectivity index (χ0n) is 18.1. The summed E-state index contributed by atoms with van der Waals surface area (Å²) in [6.45, 7) is 3.11. The van der Waals surface area contributed by atoms with Crippen LogP contribution in [-0.2, 0) is 4.79 Å². The number of carboxylic acids is 1. The Morgan fingerprint density at radius 3 is 2.19 bits per heavy atom. The fourth-order valence-corrected chi connectivity index (χ4v) is 3.62. The predicted octanol–water partition coefficient (Wildman–Crippen LogP) is 2.74. The minimum absolute atomic E-state index is 0. The van der Waals surface area contributed by atoms with Gasteiger partial charge in [-0.25, -0.2) is 4.79 Å². The van der Waals surface area contributed by atoms with Gasteiger partial charge in [0.05, 0.1) is 25.6 Å². The first-order valence-electron chi connectivity index (χ1n) is 9.75. The number of aromatic carboxylic acids is 1. The third-order valence-corrected chi connectivity index (χ3v) is 5.11. The molecule has 0 aliphatic carbocycles. The van der Waals surface area contributed by atoms with Crippen LogP contribution in [0.3, 0.4) is 0 Å². The minimum Gasteiger partial charge on any atom is -0.493 e. The largest absolute Gasteiger partial charge is 0.493 e. The van der Waals surface area contributed by atoms with Crippen molar-refractivity contribution >= 4 is 41.6 Å². The highest BCUT2D eigenvalue weighted by molar-refractivity contribution is 6.04. The summed E-state index contributed by atoms with van der Waals surface area (Å²) in [5.41, 5.74) is 1.29. The lowest BCUT2D eigenvalue weighted by atomic mass is 10.1. The summed E-state index contributed by atoms with van der Waals surface area (Å²) >= 11 is 0. The molecule has 0 saturated carbocycles. The summed E-state index contributed by atoms with van der Waals surface area (Å²) in [5.74, 6) is -0.573. The molecule has 0 unspecified atom stereocenters. The molecule has 0 bridgehead atoms. The van der Waals surface area contributed by atoms with Crippen molar-refractivity contribution in [1.82, 2.24) is 4.90 Å². The molecule has 1 aliphatic heterocycles. The molecule has 1 heterocycles. The number of carbonyl (C=O) groups excluding carboxylic acids is 2. The molecule has 0 radical (unpaired) electrons. The van der Waals surface area contributed by atoms with Gasteiger partial charge in [0, 0.05) is 38.7 Å². The second kappa shape index (κ2) is 10.7. The molecule has 2 aromatic rings. The number of piperazine rings is 1. The SMILES string of the molecule is COc1ccc(C(=O)N2CCN(c3cccc(NC(C)=O)c3C(=O)O)CC2)cc1OC.Cl. The molecule has 1 aliphatic rings. The van der Waals surface area contributed by atoms with E-state index in [0.29, 0.717) is 48.9 Å². The molecule has 0 spiro atoms. The van der Waals surface area contributed by atoms with E-state index in [1.165, 1.54) is 21.1 Å². The monoisotopic (exact) mass is 463 g/mol. The Kier molecular flexibility index (Phi) is 8.31. The van der Waals surface area contributed by atoms with Gasteiger partial charge in [-0.3, -0.25) is 9.59 Å². The number of amides is 2. The van der Waals surface area contributed by atoms with Crippen LogP contribution in [0, 0.1) is 0 Å². The van der Waals surface area contributed by atoms with Crippen molar-refractivity contribution in [3.8, 4) is 11.5 Å². The van der Waals surface area contributed by atoms with Gasteiger partial charge >= 0.3 is 5.97 Å². The lowest BCUT2D eigenvalue weighted by Gasteiger charge is -2.37. The van der Waals surface area contributed by atoms with E-state index in [1.807, 2.05) is 4.90 Å². The lowest BCUT2D eigenvalue weighted by Crippen LogP contribution is -2.49. The highest BCUT2D eigenvalue weighted by atomic mass is 35.5. The van der Waals surface area contributed by atoms with Gasteiger partial charge in [0.2, 0.25) is 5.91 Å². The molecule has 2 amide bonds. The Morgan fingerprint density at radius 2 is 1.62 bits per heavy atom. The van der Waals surface area contributed by atoms with E-state index in [0.717, 1.165) is 0 Å². The molecule has 0 atom stereocenters. The first-order chi connectivity index (χ1) is 14.8. The Hall–Kier alpha value is -3.46. The number of hydrogen-bond acceptors (Lipinski definition) is 6. The van der Waals surface area contributed by atoms with E-state index >= 15 is 0 Å². The van der Waals surface area contributed by atoms with Gasteiger partial charge in [0.1, 0.15) is 5.56 Å². The Balaban J connectivity index is 0.00000363. The zero-order valence-corrected chi connectivity index (χ0v) is 18.9. The number of benzene rings is 2. The first-order valence-corrected chi connectivity index (χ1v) is 9.75. The van der Waals surface area contributed by atoms with E-state index in [2.05, 4.69) is 5.32 Å². The molecule has 9 nitrogen and oxygen atoms in total. The maximum absolute atomic E-state index is 12.9. The molecule has 2 aromatic carbocycles. The molecule has 172 valence electrons. The van der Waals surface area contributed by atoms with Crippen LogP contribution in [0.5, 0.6) is 11.5 Å². The van der Waals surface area contributed by atoms with E-state index < -0.39 is 5.97 Å². The van der Waals surface area contributed by atoms with E-state index in [9.17, 15) is 19.5 Å². The second-order valence-electron chi connectivity index (χ2n) is 7.04. The van der Waals surface area contributed by atoms with Crippen molar-refractivity contribution in [3.63, 3.8) is 0 Å². The number of ether oxygens (including phenoxy) is 2. The normalized spacial score (nSPS) is 13.1. The molecular formula is C22H26ClN3O6. The van der Waals surface area contributed by atoms with Crippen molar-refractivity contribution in [2.24, 2.45) is 0 Å². The standard InChI is InChI=1S/C22H25N3O6.ClH/c1-14(26)23-16-5-4-6-17(20(16)22(28)29)24-9-11-25(12-10-24)21(27)15-7-8-18(30-2)19(13-15)31-3;/h4-8,13H,9-12H2,1-3H3,(H,23,26)(H,28,29);1H. The smallest absolute Gasteiger partial charge is 0.339 e. The number of anilines is 2.